The van der Waals surface area contributed by atoms with E-state index in [1.165, 1.54) is 12.4 Å². The Balaban J connectivity index is 3.08. The summed E-state index contributed by atoms with van der Waals surface area (Å²) in [6.07, 6.45) is 2.50. The third-order valence-corrected chi connectivity index (χ3v) is 1.79. The molecule has 0 radical (unpaired) electrons. The molecule has 0 aliphatic heterocycles. The van der Waals surface area contributed by atoms with Gasteiger partial charge in [0, 0.05) is 12.4 Å². The third-order valence-electron chi connectivity index (χ3n) is 1.04. The number of nitrogens with one attached hydrogen (secondary N) is 1. The van der Waals surface area contributed by atoms with Gasteiger partial charge in [0.2, 0.25) is 12.4 Å². The van der Waals surface area contributed by atoms with Crippen LogP contribution >= 0.6 is 0 Å². The highest BCUT2D eigenvalue weighted by Crippen LogP contribution is 2.06. The molecular weight excluding hydrogens is 186 g/mol. The predicted octanol–water partition coefficient (Wildman–Crippen LogP) is -0.825. The van der Waals surface area contributed by atoms with Gasteiger partial charge in [-0.05, 0) is 0 Å². The Kier molecular flexibility index (Phi) is 2.11. The second-order valence-electron chi connectivity index (χ2n) is 1.79. The smallest absolute Gasteiger partial charge is 0.330 e. The summed E-state index contributed by atoms with van der Waals surface area (Å²) >= 11 is 0. The minimum absolute atomic E-state index is 0.0613. The topological polar surface area (TPSA) is 103 Å². The van der Waals surface area contributed by atoms with Crippen LogP contribution in [0, 0.1) is 0 Å². The largest absolute Gasteiger partial charge is 0.368 e. The second-order valence-corrected chi connectivity index (χ2v) is 3.08. The van der Waals surface area contributed by atoms with E-state index >= 15 is 0 Å². The van der Waals surface area contributed by atoms with E-state index in [1.54, 1.807) is 0 Å². The molecule has 7 nitrogen and oxygen atoms in total. The van der Waals surface area contributed by atoms with Gasteiger partial charge in [-0.2, -0.15) is 12.7 Å². The summed E-state index contributed by atoms with van der Waals surface area (Å²) < 4.78 is 29.4. The molecule has 0 saturated carbocycles. The standard InChI is InChI=1S/C4H5N3O4S/c8-3-7(12(9,10)11)4-5-1-2-6-4/h1-3H,(H,5,6)(H,9,10,11). The van der Waals surface area contributed by atoms with Gasteiger partial charge < -0.3 is 4.98 Å². The van der Waals surface area contributed by atoms with Crippen molar-refractivity contribution < 1.29 is 17.8 Å². The first-order valence-corrected chi connectivity index (χ1v) is 4.17. The van der Waals surface area contributed by atoms with Crippen molar-refractivity contribution in [2.75, 3.05) is 4.31 Å². The molecule has 0 bridgehead atoms. The highest BCUT2D eigenvalue weighted by Gasteiger charge is 2.20. The minimum atomic E-state index is -4.57. The van der Waals surface area contributed by atoms with Gasteiger partial charge in [0.1, 0.15) is 0 Å². The van der Waals surface area contributed by atoms with Crippen LogP contribution in [0.2, 0.25) is 0 Å². The van der Waals surface area contributed by atoms with Gasteiger partial charge in [0.05, 0.1) is 0 Å². The van der Waals surface area contributed by atoms with Gasteiger partial charge in [0.15, 0.2) is 0 Å². The van der Waals surface area contributed by atoms with Crippen LogP contribution in [0.15, 0.2) is 12.4 Å². The molecule has 0 unspecified atom stereocenters. The molecule has 1 heterocycles. The van der Waals surface area contributed by atoms with Crippen molar-refractivity contribution in [3.8, 4) is 0 Å². The van der Waals surface area contributed by atoms with Crippen LogP contribution in [0.4, 0.5) is 5.95 Å². The second kappa shape index (κ2) is 2.91. The first kappa shape index (κ1) is 8.68. The number of aromatic amines is 1. The lowest BCUT2D eigenvalue weighted by molar-refractivity contribution is -0.106. The predicted molar refractivity (Wildman–Crippen MR) is 38.7 cm³/mol. The van der Waals surface area contributed by atoms with Crippen molar-refractivity contribution in [3.05, 3.63) is 12.4 Å². The minimum Gasteiger partial charge on any atom is -0.330 e. The molecule has 2 N–H and O–H groups in total. The maximum Gasteiger partial charge on any atom is 0.368 e. The van der Waals surface area contributed by atoms with Crippen molar-refractivity contribution >= 4 is 22.7 Å². The lowest BCUT2D eigenvalue weighted by Crippen LogP contribution is -2.29. The number of imidazole rings is 1. The zero-order valence-electron chi connectivity index (χ0n) is 5.71. The summed E-state index contributed by atoms with van der Waals surface area (Å²) in [5, 5.41) is 0. The molecule has 1 aromatic rings. The van der Waals surface area contributed by atoms with Crippen molar-refractivity contribution in [1.82, 2.24) is 9.97 Å². The molecule has 12 heavy (non-hydrogen) atoms. The zero-order valence-corrected chi connectivity index (χ0v) is 6.52. The number of hydrogen-bond acceptors (Lipinski definition) is 4. The highest BCUT2D eigenvalue weighted by molar-refractivity contribution is 7.87. The van der Waals surface area contributed by atoms with Crippen LogP contribution in [0.1, 0.15) is 0 Å². The van der Waals surface area contributed by atoms with Gasteiger partial charge in [0.25, 0.3) is 0 Å². The van der Waals surface area contributed by atoms with E-state index in [1.807, 2.05) is 0 Å². The average Bonchev–Trinajstić information content (AvgIpc) is 2.38. The maximum absolute atomic E-state index is 10.5. The fourth-order valence-corrected chi connectivity index (χ4v) is 1.02. The quantitative estimate of drug-likeness (QED) is 0.479. The molecule has 0 aromatic carbocycles. The normalized spacial score (nSPS) is 11.1. The summed E-state index contributed by atoms with van der Waals surface area (Å²) in [4.78, 5) is 16.0. The summed E-state index contributed by atoms with van der Waals surface area (Å²) in [5.41, 5.74) is 0. The maximum atomic E-state index is 10.5. The Morgan fingerprint density at radius 1 is 1.67 bits per heavy atom. The van der Waals surface area contributed by atoms with Crippen LogP contribution in [0.3, 0.4) is 0 Å². The first-order chi connectivity index (χ1) is 5.55. The Bertz CT molecular complexity index is 356. The molecule has 0 fully saturated rings. The Labute approximate surface area is 67.9 Å². The molecular formula is C4H5N3O4S. The number of nitrogens with zero attached hydrogens (tertiary/aromatic N) is 2. The molecule has 8 heteroatoms. The third kappa shape index (κ3) is 1.60. The average molecular weight is 191 g/mol. The van der Waals surface area contributed by atoms with Gasteiger partial charge >= 0.3 is 10.3 Å². The zero-order chi connectivity index (χ0) is 9.19. The Morgan fingerprint density at radius 2 is 2.33 bits per heavy atom. The molecule has 0 spiro atoms. The van der Waals surface area contributed by atoms with Crippen LogP contribution in [0.5, 0.6) is 0 Å². The van der Waals surface area contributed by atoms with Gasteiger partial charge in [-0.15, -0.1) is 0 Å². The number of rotatable bonds is 3. The number of hydrogen-bond donors (Lipinski definition) is 2. The van der Waals surface area contributed by atoms with E-state index in [4.69, 9.17) is 4.55 Å². The molecule has 0 aliphatic rings. The van der Waals surface area contributed by atoms with E-state index in [9.17, 15) is 13.2 Å². The van der Waals surface area contributed by atoms with E-state index < -0.39 is 10.3 Å². The van der Waals surface area contributed by atoms with Gasteiger partial charge in [-0.3, -0.25) is 9.35 Å². The lowest BCUT2D eigenvalue weighted by Gasteiger charge is -2.07. The van der Waals surface area contributed by atoms with E-state index in [0.29, 0.717) is 0 Å². The van der Waals surface area contributed by atoms with Crippen LogP contribution in [-0.2, 0) is 15.1 Å². The molecule has 0 aliphatic carbocycles. The fourth-order valence-electron chi connectivity index (χ4n) is 0.591. The number of anilines is 1. The fraction of sp³-hybridized carbons (Fsp3) is 0. The number of H-pyrrole nitrogens is 1. The SMILES string of the molecule is O=CN(c1ncc[nH]1)S(=O)(=O)O. The number of carbonyl (C=O) groups is 1. The summed E-state index contributed by atoms with van der Waals surface area (Å²) in [7, 11) is -4.57. The van der Waals surface area contributed by atoms with Gasteiger partial charge in [-0.1, -0.05) is 0 Å². The van der Waals surface area contributed by atoms with E-state index in [0.717, 1.165) is 0 Å². The first-order valence-electron chi connectivity index (χ1n) is 2.77. The molecule has 0 saturated heterocycles. The Hall–Kier alpha value is -1.41. The van der Waals surface area contributed by atoms with Crippen molar-refractivity contribution in [2.24, 2.45) is 0 Å². The van der Waals surface area contributed by atoms with Gasteiger partial charge in [-0.25, -0.2) is 4.98 Å². The van der Waals surface area contributed by atoms with Crippen molar-refractivity contribution in [3.63, 3.8) is 0 Å². The molecule has 1 aromatic heterocycles. The molecule has 1 amide bonds. The molecule has 0 atom stereocenters. The molecule has 1 rings (SSSR count). The van der Waals surface area contributed by atoms with Crippen molar-refractivity contribution in [2.45, 2.75) is 0 Å². The highest BCUT2D eigenvalue weighted by atomic mass is 32.2. The van der Waals surface area contributed by atoms with Crippen LogP contribution < -0.4 is 4.31 Å². The van der Waals surface area contributed by atoms with Crippen LogP contribution in [-0.4, -0.2) is 29.3 Å². The monoisotopic (exact) mass is 191 g/mol. The number of amides is 1. The van der Waals surface area contributed by atoms with Crippen molar-refractivity contribution in [1.29, 1.82) is 0 Å². The van der Waals surface area contributed by atoms with E-state index in [2.05, 4.69) is 9.97 Å². The lowest BCUT2D eigenvalue weighted by atomic mass is 11.0. The number of carbonyl (C=O) groups excluding carboxylic acids is 1. The summed E-state index contributed by atoms with van der Waals surface area (Å²) in [6.45, 7) is 0. The van der Waals surface area contributed by atoms with Crippen LogP contribution in [0.25, 0.3) is 0 Å². The Morgan fingerprint density at radius 3 is 2.67 bits per heavy atom. The summed E-state index contributed by atoms with van der Waals surface area (Å²) in [5.74, 6) is -0.257. The molecule has 66 valence electrons. The summed E-state index contributed by atoms with van der Waals surface area (Å²) in [6, 6.07) is 0. The van der Waals surface area contributed by atoms with E-state index in [-0.39, 0.29) is 16.7 Å². The number of aromatic nitrogens is 2.